The molecule has 106 valence electrons. The van der Waals surface area contributed by atoms with E-state index >= 15 is 0 Å². The van der Waals surface area contributed by atoms with Crippen LogP contribution in [0.4, 0.5) is 5.69 Å². The predicted octanol–water partition coefficient (Wildman–Crippen LogP) is 3.17. The van der Waals surface area contributed by atoms with Crippen molar-refractivity contribution in [2.75, 3.05) is 11.6 Å². The van der Waals surface area contributed by atoms with Crippen molar-refractivity contribution in [3.63, 3.8) is 0 Å². The molecule has 0 saturated heterocycles. The summed E-state index contributed by atoms with van der Waals surface area (Å²) in [5.41, 5.74) is 1.50. The van der Waals surface area contributed by atoms with Crippen molar-refractivity contribution in [2.45, 2.75) is 11.4 Å². The maximum atomic E-state index is 11.7. The zero-order chi connectivity index (χ0) is 14.8. The lowest BCUT2D eigenvalue weighted by molar-refractivity contribution is 0.471. The van der Waals surface area contributed by atoms with Gasteiger partial charge in [-0.1, -0.05) is 18.2 Å². The molecule has 0 aliphatic rings. The highest BCUT2D eigenvalue weighted by molar-refractivity contribution is 9.10. The number of hydrogen-bond donors (Lipinski definition) is 2. The van der Waals surface area contributed by atoms with Gasteiger partial charge in [0.15, 0.2) is 9.84 Å². The Kier molecular flexibility index (Phi) is 4.35. The summed E-state index contributed by atoms with van der Waals surface area (Å²) < 4.78 is 24.0. The monoisotopic (exact) mass is 355 g/mol. The third-order valence-corrected chi connectivity index (χ3v) is 4.57. The van der Waals surface area contributed by atoms with E-state index in [-0.39, 0.29) is 10.6 Å². The zero-order valence-electron chi connectivity index (χ0n) is 10.8. The third kappa shape index (κ3) is 3.52. The first-order valence-electron chi connectivity index (χ1n) is 5.88. The smallest absolute Gasteiger partial charge is 0.177 e. The Labute approximate surface area is 126 Å². The van der Waals surface area contributed by atoms with Gasteiger partial charge < -0.3 is 10.4 Å². The molecule has 0 heterocycles. The molecule has 2 N–H and O–H groups in total. The average molecular weight is 356 g/mol. The molecule has 0 bridgehead atoms. The van der Waals surface area contributed by atoms with E-state index < -0.39 is 9.84 Å². The second-order valence-electron chi connectivity index (χ2n) is 4.41. The van der Waals surface area contributed by atoms with Gasteiger partial charge in [-0.15, -0.1) is 0 Å². The number of aromatic hydroxyl groups is 1. The number of hydrogen-bond acceptors (Lipinski definition) is 4. The molecule has 0 aliphatic heterocycles. The van der Waals surface area contributed by atoms with Crippen LogP contribution in [-0.2, 0) is 16.4 Å². The van der Waals surface area contributed by atoms with Gasteiger partial charge in [-0.05, 0) is 45.8 Å². The van der Waals surface area contributed by atoms with E-state index in [2.05, 4.69) is 21.2 Å². The van der Waals surface area contributed by atoms with Crippen LogP contribution in [-0.4, -0.2) is 19.8 Å². The molecule has 0 radical (unpaired) electrons. The van der Waals surface area contributed by atoms with Gasteiger partial charge in [0.05, 0.1) is 15.1 Å². The van der Waals surface area contributed by atoms with Gasteiger partial charge in [0.2, 0.25) is 0 Å². The Bertz CT molecular complexity index is 729. The van der Waals surface area contributed by atoms with Crippen LogP contribution in [0.1, 0.15) is 5.56 Å². The van der Waals surface area contributed by atoms with Crippen LogP contribution >= 0.6 is 15.9 Å². The van der Waals surface area contributed by atoms with E-state index in [0.717, 1.165) is 5.56 Å². The molecule has 0 atom stereocenters. The summed E-state index contributed by atoms with van der Waals surface area (Å²) in [6.45, 7) is 0.464. The van der Waals surface area contributed by atoms with E-state index in [9.17, 15) is 13.5 Å². The van der Waals surface area contributed by atoms with Gasteiger partial charge in [0.25, 0.3) is 0 Å². The Morgan fingerprint density at radius 1 is 1.20 bits per heavy atom. The van der Waals surface area contributed by atoms with Crippen LogP contribution < -0.4 is 5.32 Å². The number of rotatable bonds is 4. The summed E-state index contributed by atoms with van der Waals surface area (Å²) in [4.78, 5) is 0.276. The molecule has 4 nitrogen and oxygen atoms in total. The fraction of sp³-hybridized carbons (Fsp3) is 0.143. The van der Waals surface area contributed by atoms with E-state index in [0.29, 0.717) is 16.7 Å². The Balaban J connectivity index is 2.21. The molecule has 0 fully saturated rings. The average Bonchev–Trinajstić information content (AvgIpc) is 2.39. The van der Waals surface area contributed by atoms with E-state index in [4.69, 9.17) is 0 Å². The Hall–Kier alpha value is -1.53. The van der Waals surface area contributed by atoms with Gasteiger partial charge in [-0.25, -0.2) is 8.42 Å². The zero-order valence-corrected chi connectivity index (χ0v) is 13.2. The molecule has 2 aromatic rings. The van der Waals surface area contributed by atoms with Gasteiger partial charge in [0, 0.05) is 12.8 Å². The molecule has 0 unspecified atom stereocenters. The predicted molar refractivity (Wildman–Crippen MR) is 82.7 cm³/mol. The Morgan fingerprint density at radius 3 is 2.55 bits per heavy atom. The number of para-hydroxylation sites is 1. The largest absolute Gasteiger partial charge is 0.507 e. The maximum Gasteiger partial charge on any atom is 0.177 e. The summed E-state index contributed by atoms with van der Waals surface area (Å²) in [7, 11) is -3.26. The molecule has 0 aliphatic carbocycles. The van der Waals surface area contributed by atoms with Gasteiger partial charge >= 0.3 is 0 Å². The van der Waals surface area contributed by atoms with Gasteiger partial charge in [0.1, 0.15) is 5.75 Å². The highest BCUT2D eigenvalue weighted by atomic mass is 79.9. The molecule has 20 heavy (non-hydrogen) atoms. The highest BCUT2D eigenvalue weighted by Crippen LogP contribution is 2.25. The summed E-state index contributed by atoms with van der Waals surface area (Å²) in [6, 6.07) is 11.9. The van der Waals surface area contributed by atoms with E-state index in [1.54, 1.807) is 42.5 Å². The minimum absolute atomic E-state index is 0.172. The van der Waals surface area contributed by atoms with Crippen molar-refractivity contribution < 1.29 is 13.5 Å². The summed E-state index contributed by atoms with van der Waals surface area (Å²) >= 11 is 3.24. The summed E-state index contributed by atoms with van der Waals surface area (Å²) in [5.74, 6) is 0.172. The number of nitrogens with one attached hydrogen (secondary N) is 1. The second kappa shape index (κ2) is 5.85. The number of sulfone groups is 1. The van der Waals surface area contributed by atoms with Crippen LogP contribution in [0.15, 0.2) is 51.8 Å². The maximum absolute atomic E-state index is 11.7. The van der Waals surface area contributed by atoms with Crippen molar-refractivity contribution in [1.82, 2.24) is 0 Å². The fourth-order valence-corrected chi connectivity index (χ4v) is 3.09. The molecular weight excluding hydrogens is 342 g/mol. The first kappa shape index (κ1) is 14.9. The molecule has 0 spiro atoms. The minimum atomic E-state index is -3.26. The SMILES string of the molecule is CS(=O)(=O)c1ccccc1NCc1ccc(O)c(Br)c1. The summed E-state index contributed by atoms with van der Waals surface area (Å²) in [5, 5.41) is 12.5. The standard InChI is InChI=1S/C14H14BrNO3S/c1-20(18,19)14-5-3-2-4-12(14)16-9-10-6-7-13(17)11(15)8-10/h2-8,16-17H,9H2,1H3. The lowest BCUT2D eigenvalue weighted by Crippen LogP contribution is -2.06. The normalized spacial score (nSPS) is 11.3. The molecule has 0 aromatic heterocycles. The molecule has 0 saturated carbocycles. The first-order chi connectivity index (χ1) is 9.38. The molecule has 0 amide bonds. The quantitative estimate of drug-likeness (QED) is 0.883. The number of phenols is 1. The van der Waals surface area contributed by atoms with Crippen molar-refractivity contribution in [1.29, 1.82) is 0 Å². The van der Waals surface area contributed by atoms with Crippen molar-refractivity contribution >= 4 is 31.5 Å². The summed E-state index contributed by atoms with van der Waals surface area (Å²) in [6.07, 6.45) is 1.19. The van der Waals surface area contributed by atoms with Crippen molar-refractivity contribution in [3.8, 4) is 5.75 Å². The van der Waals surface area contributed by atoms with Crippen LogP contribution in [0.2, 0.25) is 0 Å². The Morgan fingerprint density at radius 2 is 1.90 bits per heavy atom. The van der Waals surface area contributed by atoms with Crippen molar-refractivity contribution in [2.24, 2.45) is 0 Å². The second-order valence-corrected chi connectivity index (χ2v) is 7.25. The van der Waals surface area contributed by atoms with Crippen LogP contribution in [0, 0.1) is 0 Å². The first-order valence-corrected chi connectivity index (χ1v) is 8.57. The highest BCUT2D eigenvalue weighted by Gasteiger charge is 2.12. The molecule has 2 rings (SSSR count). The number of halogens is 1. The van der Waals surface area contributed by atoms with Gasteiger partial charge in [-0.2, -0.15) is 0 Å². The molecule has 2 aromatic carbocycles. The van der Waals surface area contributed by atoms with E-state index in [1.165, 1.54) is 6.26 Å². The third-order valence-electron chi connectivity index (χ3n) is 2.78. The topological polar surface area (TPSA) is 66.4 Å². The number of anilines is 1. The number of benzene rings is 2. The number of phenolic OH excluding ortho intramolecular Hbond substituents is 1. The lowest BCUT2D eigenvalue weighted by atomic mass is 10.2. The van der Waals surface area contributed by atoms with Crippen molar-refractivity contribution in [3.05, 3.63) is 52.5 Å². The van der Waals surface area contributed by atoms with Crippen LogP contribution in [0.3, 0.4) is 0 Å². The van der Waals surface area contributed by atoms with E-state index in [1.807, 2.05) is 0 Å². The minimum Gasteiger partial charge on any atom is -0.507 e. The fourth-order valence-electron chi connectivity index (χ4n) is 1.79. The lowest BCUT2D eigenvalue weighted by Gasteiger charge is -2.11. The van der Waals surface area contributed by atoms with Crippen LogP contribution in [0.5, 0.6) is 5.75 Å². The molecular formula is C14H14BrNO3S. The molecule has 6 heteroatoms. The van der Waals surface area contributed by atoms with Crippen LogP contribution in [0.25, 0.3) is 0 Å². The van der Waals surface area contributed by atoms with Gasteiger partial charge in [-0.3, -0.25) is 0 Å².